The van der Waals surface area contributed by atoms with Crippen LogP contribution in [0.3, 0.4) is 0 Å². The van der Waals surface area contributed by atoms with Crippen LogP contribution in [0.5, 0.6) is 0 Å². The highest BCUT2D eigenvalue weighted by molar-refractivity contribution is 7.47. The predicted octanol–water partition coefficient (Wildman–Crippen LogP) is 12.7. The quantitative estimate of drug-likeness (QED) is 0.0268. The summed E-state index contributed by atoms with van der Waals surface area (Å²) in [7, 11) is -4.40. The van der Waals surface area contributed by atoms with Crippen molar-refractivity contribution in [3.63, 3.8) is 0 Å². The zero-order chi connectivity index (χ0) is 41.1. The lowest BCUT2D eigenvalue weighted by molar-refractivity contribution is -0.161. The molecule has 1 unspecified atom stereocenters. The SMILES string of the molecule is CCCC/C=C/C/C=C/CCCCCCCC(=O)O[C@@H](COC(=O)CCC/C=C/C/C=C/C/C=C/C/C=C/CCCCCCCCC)COP(=O)(O)OCCN. The van der Waals surface area contributed by atoms with Gasteiger partial charge in [-0.25, -0.2) is 4.57 Å². The van der Waals surface area contributed by atoms with Crippen LogP contribution in [0.4, 0.5) is 0 Å². The number of nitrogens with two attached hydrogens (primary N) is 1. The maximum absolute atomic E-state index is 12.6. The normalized spacial score (nSPS) is 14.0. The minimum atomic E-state index is -4.40. The third-order valence-corrected chi connectivity index (χ3v) is 9.80. The first-order valence-electron chi connectivity index (χ1n) is 21.9. The van der Waals surface area contributed by atoms with E-state index in [0.717, 1.165) is 70.6 Å². The van der Waals surface area contributed by atoms with Crippen LogP contribution in [0.1, 0.15) is 174 Å². The Labute approximate surface area is 341 Å². The van der Waals surface area contributed by atoms with Gasteiger partial charge in [0.1, 0.15) is 6.61 Å². The van der Waals surface area contributed by atoms with E-state index in [2.05, 4.69) is 80.7 Å². The number of carbonyl (C=O) groups excluding carboxylic acids is 2. The van der Waals surface area contributed by atoms with Gasteiger partial charge >= 0.3 is 19.8 Å². The number of rotatable bonds is 40. The molecule has 3 N–H and O–H groups in total. The molecule has 0 spiro atoms. The fraction of sp³-hybridized carbons (Fsp3) is 0.696. The number of phosphoric acid groups is 1. The van der Waals surface area contributed by atoms with Crippen molar-refractivity contribution in [3.8, 4) is 0 Å². The van der Waals surface area contributed by atoms with E-state index < -0.39 is 32.5 Å². The second-order valence-corrected chi connectivity index (χ2v) is 15.7. The molecule has 0 aromatic rings. The molecule has 0 radical (unpaired) electrons. The molecule has 0 heterocycles. The fourth-order valence-electron chi connectivity index (χ4n) is 5.52. The smallest absolute Gasteiger partial charge is 0.462 e. The van der Waals surface area contributed by atoms with Crippen LogP contribution in [-0.2, 0) is 32.7 Å². The topological polar surface area (TPSA) is 134 Å². The van der Waals surface area contributed by atoms with E-state index in [4.69, 9.17) is 24.3 Å². The number of esters is 2. The highest BCUT2D eigenvalue weighted by atomic mass is 31.2. The second-order valence-electron chi connectivity index (χ2n) is 14.2. The third-order valence-electron chi connectivity index (χ3n) is 8.81. The van der Waals surface area contributed by atoms with Gasteiger partial charge in [0.25, 0.3) is 0 Å². The molecule has 0 aliphatic rings. The molecule has 0 aromatic heterocycles. The molecule has 0 aromatic carbocycles. The molecule has 0 saturated heterocycles. The van der Waals surface area contributed by atoms with E-state index in [0.29, 0.717) is 12.8 Å². The second kappa shape index (κ2) is 42.1. The van der Waals surface area contributed by atoms with E-state index in [9.17, 15) is 19.0 Å². The first kappa shape index (κ1) is 53.5. The van der Waals surface area contributed by atoms with Gasteiger partial charge in [-0.3, -0.25) is 18.6 Å². The molecule has 0 amide bonds. The van der Waals surface area contributed by atoms with Crippen LogP contribution in [0.2, 0.25) is 0 Å². The molecule has 0 rings (SSSR count). The average molecular weight is 806 g/mol. The van der Waals surface area contributed by atoms with Gasteiger partial charge < -0.3 is 20.1 Å². The van der Waals surface area contributed by atoms with Crippen LogP contribution in [0, 0.1) is 0 Å². The van der Waals surface area contributed by atoms with E-state index in [-0.39, 0.29) is 32.6 Å². The van der Waals surface area contributed by atoms with Crippen LogP contribution in [-0.4, -0.2) is 49.3 Å². The van der Waals surface area contributed by atoms with Gasteiger partial charge in [-0.05, 0) is 77.0 Å². The van der Waals surface area contributed by atoms with Crippen molar-refractivity contribution in [3.05, 3.63) is 72.9 Å². The number of unbranched alkanes of at least 4 members (excludes halogenated alkanes) is 15. The molecule has 0 saturated carbocycles. The van der Waals surface area contributed by atoms with E-state index in [1.54, 1.807) is 0 Å². The first-order valence-corrected chi connectivity index (χ1v) is 23.4. The maximum Gasteiger partial charge on any atom is 0.472 e. The maximum atomic E-state index is 12.6. The molecule has 0 aliphatic carbocycles. The van der Waals surface area contributed by atoms with Crippen molar-refractivity contribution >= 4 is 19.8 Å². The zero-order valence-corrected chi connectivity index (χ0v) is 36.2. The van der Waals surface area contributed by atoms with Crippen molar-refractivity contribution in [2.75, 3.05) is 26.4 Å². The lowest BCUT2D eigenvalue weighted by atomic mass is 10.1. The van der Waals surface area contributed by atoms with Gasteiger partial charge in [-0.15, -0.1) is 0 Å². The summed E-state index contributed by atoms with van der Waals surface area (Å²) in [5.41, 5.74) is 5.34. The largest absolute Gasteiger partial charge is 0.472 e. The number of hydrogen-bond acceptors (Lipinski definition) is 8. The van der Waals surface area contributed by atoms with Gasteiger partial charge in [0, 0.05) is 19.4 Å². The Hall–Kier alpha value is -2.55. The number of hydrogen-bond donors (Lipinski definition) is 2. The first-order chi connectivity index (χ1) is 27.3. The van der Waals surface area contributed by atoms with Gasteiger partial charge in [0.2, 0.25) is 0 Å². The van der Waals surface area contributed by atoms with E-state index in [1.807, 2.05) is 6.08 Å². The summed E-state index contributed by atoms with van der Waals surface area (Å²) in [6.45, 7) is 3.59. The van der Waals surface area contributed by atoms with Gasteiger partial charge in [0.05, 0.1) is 13.2 Å². The Kier molecular flexibility index (Phi) is 40.2. The molecule has 0 fully saturated rings. The molecule has 0 bridgehead atoms. The predicted molar refractivity (Wildman–Crippen MR) is 233 cm³/mol. The summed E-state index contributed by atoms with van der Waals surface area (Å²) in [6, 6.07) is 0. The summed E-state index contributed by atoms with van der Waals surface area (Å²) >= 11 is 0. The zero-order valence-electron chi connectivity index (χ0n) is 35.3. The fourth-order valence-corrected chi connectivity index (χ4v) is 6.29. The van der Waals surface area contributed by atoms with Gasteiger partial charge in [-0.2, -0.15) is 0 Å². The summed E-state index contributed by atoms with van der Waals surface area (Å²) in [4.78, 5) is 34.8. The number of phosphoric ester groups is 1. The minimum absolute atomic E-state index is 0.0403. The van der Waals surface area contributed by atoms with Crippen LogP contribution >= 0.6 is 7.82 Å². The number of carbonyl (C=O) groups is 2. The standard InChI is InChI=1S/C46H80NO8P/c1-3-5-7-9-11-13-15-17-19-20-21-22-23-24-25-27-28-30-32-34-36-38-45(48)52-42-44(43-54-56(50,51)53-41-40-47)55-46(49)39-37-35-33-31-29-26-18-16-14-12-10-8-6-4-2/h10,12,16,18-20,22-23,25,27,30,32,44H,3-9,11,13-15,17,21,24,26,28-29,31,33-43,47H2,1-2H3,(H,50,51)/b12-10+,18-16+,20-19+,23-22+,27-25+,32-30+/t44-/m0/s1. The van der Waals surface area contributed by atoms with Crippen molar-refractivity contribution < 1.29 is 37.6 Å². The highest BCUT2D eigenvalue weighted by Crippen LogP contribution is 2.43. The number of ether oxygens (including phenoxy) is 2. The Morgan fingerprint density at radius 2 is 0.964 bits per heavy atom. The van der Waals surface area contributed by atoms with Crippen LogP contribution in [0.25, 0.3) is 0 Å². The molecular formula is C46H80NO8P. The highest BCUT2D eigenvalue weighted by Gasteiger charge is 2.25. The van der Waals surface area contributed by atoms with E-state index >= 15 is 0 Å². The van der Waals surface area contributed by atoms with Crippen LogP contribution in [0.15, 0.2) is 72.9 Å². The van der Waals surface area contributed by atoms with Crippen LogP contribution < -0.4 is 5.73 Å². The van der Waals surface area contributed by atoms with Gasteiger partial charge in [0.15, 0.2) is 6.10 Å². The molecular weight excluding hydrogens is 725 g/mol. The van der Waals surface area contributed by atoms with Crippen molar-refractivity contribution in [2.45, 2.75) is 180 Å². The molecule has 56 heavy (non-hydrogen) atoms. The Morgan fingerprint density at radius 1 is 0.536 bits per heavy atom. The monoisotopic (exact) mass is 806 g/mol. The molecule has 9 nitrogen and oxygen atoms in total. The molecule has 2 atom stereocenters. The molecule has 10 heteroatoms. The summed E-state index contributed by atoms with van der Waals surface area (Å²) in [5, 5.41) is 0. The Balaban J connectivity index is 4.27. The summed E-state index contributed by atoms with van der Waals surface area (Å²) in [6.07, 6.45) is 50.8. The third kappa shape index (κ3) is 41.1. The Bertz CT molecular complexity index is 1150. The molecule has 322 valence electrons. The Morgan fingerprint density at radius 3 is 1.48 bits per heavy atom. The van der Waals surface area contributed by atoms with Crippen molar-refractivity contribution in [1.82, 2.24) is 0 Å². The summed E-state index contributed by atoms with van der Waals surface area (Å²) < 4.78 is 32.7. The summed E-state index contributed by atoms with van der Waals surface area (Å²) in [5.74, 6) is -0.916. The minimum Gasteiger partial charge on any atom is -0.462 e. The van der Waals surface area contributed by atoms with Gasteiger partial charge in [-0.1, -0.05) is 157 Å². The van der Waals surface area contributed by atoms with Crippen molar-refractivity contribution in [2.24, 2.45) is 5.73 Å². The average Bonchev–Trinajstić information content (AvgIpc) is 3.18. The number of allylic oxidation sites excluding steroid dienone is 12. The van der Waals surface area contributed by atoms with E-state index in [1.165, 1.54) is 64.2 Å². The molecule has 0 aliphatic heterocycles. The lowest BCUT2D eigenvalue weighted by Gasteiger charge is -2.19. The lowest BCUT2D eigenvalue weighted by Crippen LogP contribution is -2.29. The van der Waals surface area contributed by atoms with Crippen molar-refractivity contribution in [1.29, 1.82) is 0 Å².